The molecular formula is C14H18ClN3O3. The molecule has 1 fully saturated rings. The highest BCUT2D eigenvalue weighted by Crippen LogP contribution is 2.22. The van der Waals surface area contributed by atoms with E-state index in [1.807, 2.05) is 6.92 Å². The van der Waals surface area contributed by atoms with Crippen molar-refractivity contribution in [2.75, 3.05) is 19.6 Å². The molecule has 1 atom stereocenters. The van der Waals surface area contributed by atoms with Crippen LogP contribution < -0.4 is 5.32 Å². The van der Waals surface area contributed by atoms with Crippen LogP contribution in [0.3, 0.4) is 0 Å². The van der Waals surface area contributed by atoms with E-state index in [4.69, 9.17) is 11.6 Å². The number of rotatable bonds is 5. The van der Waals surface area contributed by atoms with Crippen molar-refractivity contribution in [2.24, 2.45) is 0 Å². The monoisotopic (exact) mass is 311 g/mol. The second-order valence-electron chi connectivity index (χ2n) is 5.30. The number of benzene rings is 1. The highest BCUT2D eigenvalue weighted by Gasteiger charge is 2.22. The molecule has 1 aliphatic heterocycles. The van der Waals surface area contributed by atoms with Crippen LogP contribution in [0.4, 0.5) is 5.69 Å². The van der Waals surface area contributed by atoms with Crippen molar-refractivity contribution in [3.05, 3.63) is 38.9 Å². The highest BCUT2D eigenvalue weighted by molar-refractivity contribution is 6.31. The van der Waals surface area contributed by atoms with E-state index >= 15 is 0 Å². The first kappa shape index (κ1) is 15.7. The summed E-state index contributed by atoms with van der Waals surface area (Å²) < 4.78 is 0. The van der Waals surface area contributed by atoms with Gasteiger partial charge in [0.15, 0.2) is 0 Å². The maximum absolute atomic E-state index is 12.2. The third-order valence-corrected chi connectivity index (χ3v) is 3.74. The van der Waals surface area contributed by atoms with E-state index in [1.54, 1.807) is 0 Å². The van der Waals surface area contributed by atoms with Gasteiger partial charge >= 0.3 is 0 Å². The molecule has 1 unspecified atom stereocenters. The standard InChI is InChI=1S/C14H18ClN3O3/c1-10(9-17-6-2-3-7-17)16-14(19)12-8-11(15)4-5-13(12)18(20)21/h4-5,8,10H,2-3,6-7,9H2,1H3,(H,16,19). The Labute approximate surface area is 128 Å². The molecule has 1 aromatic carbocycles. The van der Waals surface area contributed by atoms with Gasteiger partial charge in [-0.15, -0.1) is 0 Å². The first-order valence-electron chi connectivity index (χ1n) is 6.94. The van der Waals surface area contributed by atoms with Crippen LogP contribution in [0.25, 0.3) is 0 Å². The number of nitrogens with zero attached hydrogens (tertiary/aromatic N) is 2. The summed E-state index contributed by atoms with van der Waals surface area (Å²) in [5.41, 5.74) is -0.231. The second-order valence-corrected chi connectivity index (χ2v) is 5.74. The molecule has 114 valence electrons. The molecule has 6 nitrogen and oxygen atoms in total. The normalized spacial score (nSPS) is 16.7. The summed E-state index contributed by atoms with van der Waals surface area (Å²) in [7, 11) is 0. The molecule has 0 spiro atoms. The number of halogens is 1. The van der Waals surface area contributed by atoms with Gasteiger partial charge in [-0.2, -0.15) is 0 Å². The number of nitro benzene ring substituents is 1. The van der Waals surface area contributed by atoms with Crippen LogP contribution in [0.5, 0.6) is 0 Å². The summed E-state index contributed by atoms with van der Waals surface area (Å²) in [4.78, 5) is 24.9. The van der Waals surface area contributed by atoms with Crippen molar-refractivity contribution in [1.29, 1.82) is 0 Å². The molecule has 0 aromatic heterocycles. The number of hydrogen-bond acceptors (Lipinski definition) is 4. The summed E-state index contributed by atoms with van der Waals surface area (Å²) in [5, 5.41) is 14.1. The smallest absolute Gasteiger partial charge is 0.282 e. The fourth-order valence-corrected chi connectivity index (χ4v) is 2.72. The lowest BCUT2D eigenvalue weighted by atomic mass is 10.1. The van der Waals surface area contributed by atoms with Crippen molar-refractivity contribution in [3.8, 4) is 0 Å². The lowest BCUT2D eigenvalue weighted by Crippen LogP contribution is -2.41. The average molecular weight is 312 g/mol. The van der Waals surface area contributed by atoms with Crippen LogP contribution in [0, 0.1) is 10.1 Å². The van der Waals surface area contributed by atoms with Gasteiger partial charge in [-0.25, -0.2) is 0 Å². The number of nitrogens with one attached hydrogen (secondary N) is 1. The van der Waals surface area contributed by atoms with E-state index in [2.05, 4.69) is 10.2 Å². The lowest BCUT2D eigenvalue weighted by Gasteiger charge is -2.21. The van der Waals surface area contributed by atoms with E-state index in [-0.39, 0.29) is 17.3 Å². The Morgan fingerprint density at radius 3 is 2.76 bits per heavy atom. The largest absolute Gasteiger partial charge is 0.348 e. The molecule has 7 heteroatoms. The van der Waals surface area contributed by atoms with Crippen LogP contribution in [0.1, 0.15) is 30.1 Å². The Hall–Kier alpha value is -1.66. The second kappa shape index (κ2) is 6.87. The Balaban J connectivity index is 2.05. The van der Waals surface area contributed by atoms with Crippen LogP contribution in [-0.4, -0.2) is 41.4 Å². The van der Waals surface area contributed by atoms with Crippen LogP contribution in [-0.2, 0) is 0 Å². The van der Waals surface area contributed by atoms with Gasteiger partial charge < -0.3 is 10.2 Å². The summed E-state index contributed by atoms with van der Waals surface area (Å²) in [6.07, 6.45) is 2.36. The summed E-state index contributed by atoms with van der Waals surface area (Å²) in [5.74, 6) is -0.462. The molecule has 0 aliphatic carbocycles. The number of likely N-dealkylation sites (tertiary alicyclic amines) is 1. The van der Waals surface area contributed by atoms with Crippen molar-refractivity contribution in [3.63, 3.8) is 0 Å². The molecule has 1 amide bonds. The van der Waals surface area contributed by atoms with E-state index < -0.39 is 10.8 Å². The Morgan fingerprint density at radius 1 is 1.48 bits per heavy atom. The maximum atomic E-state index is 12.2. The van der Waals surface area contributed by atoms with Crippen LogP contribution >= 0.6 is 11.6 Å². The van der Waals surface area contributed by atoms with Crippen molar-refractivity contribution in [1.82, 2.24) is 10.2 Å². The predicted octanol–water partition coefficient (Wildman–Crippen LogP) is 2.46. The molecule has 0 bridgehead atoms. The van der Waals surface area contributed by atoms with Gasteiger partial charge in [-0.1, -0.05) is 11.6 Å². The number of hydrogen-bond donors (Lipinski definition) is 1. The summed E-state index contributed by atoms with van der Waals surface area (Å²) in [6.45, 7) is 4.72. The molecule has 0 radical (unpaired) electrons. The molecule has 1 N–H and O–H groups in total. The zero-order chi connectivity index (χ0) is 15.4. The van der Waals surface area contributed by atoms with Crippen LogP contribution in [0.2, 0.25) is 5.02 Å². The minimum atomic E-state index is -0.573. The molecule has 1 aromatic rings. The molecule has 1 saturated heterocycles. The SMILES string of the molecule is CC(CN1CCCC1)NC(=O)c1cc(Cl)ccc1[N+](=O)[O-]. The summed E-state index contributed by atoms with van der Waals surface area (Å²) in [6, 6.07) is 3.92. The van der Waals surface area contributed by atoms with Crippen molar-refractivity contribution >= 4 is 23.2 Å². The molecule has 0 saturated carbocycles. The predicted molar refractivity (Wildman–Crippen MR) is 80.7 cm³/mol. The minimum absolute atomic E-state index is 0.000715. The topological polar surface area (TPSA) is 75.5 Å². The van der Waals surface area contributed by atoms with Gasteiger partial charge in [0, 0.05) is 23.7 Å². The number of carbonyl (C=O) groups excluding carboxylic acids is 1. The molecular weight excluding hydrogens is 294 g/mol. The summed E-state index contributed by atoms with van der Waals surface area (Å²) >= 11 is 5.83. The molecule has 1 heterocycles. The van der Waals surface area contributed by atoms with E-state index in [9.17, 15) is 14.9 Å². The third kappa shape index (κ3) is 4.15. The van der Waals surface area contributed by atoms with Gasteiger partial charge in [-0.05, 0) is 45.0 Å². The maximum Gasteiger partial charge on any atom is 0.282 e. The molecule has 2 rings (SSSR count). The average Bonchev–Trinajstić information content (AvgIpc) is 2.90. The van der Waals surface area contributed by atoms with Crippen molar-refractivity contribution < 1.29 is 9.72 Å². The van der Waals surface area contributed by atoms with Gasteiger partial charge in [0.25, 0.3) is 11.6 Å². The third-order valence-electron chi connectivity index (χ3n) is 3.51. The number of nitro groups is 1. The first-order valence-corrected chi connectivity index (χ1v) is 7.32. The van der Waals surface area contributed by atoms with Crippen molar-refractivity contribution in [2.45, 2.75) is 25.8 Å². The first-order chi connectivity index (χ1) is 9.97. The van der Waals surface area contributed by atoms with E-state index in [1.165, 1.54) is 31.0 Å². The Kier molecular flexibility index (Phi) is 5.14. The zero-order valence-electron chi connectivity index (χ0n) is 11.8. The lowest BCUT2D eigenvalue weighted by molar-refractivity contribution is -0.385. The zero-order valence-corrected chi connectivity index (χ0v) is 12.6. The highest BCUT2D eigenvalue weighted by atomic mass is 35.5. The minimum Gasteiger partial charge on any atom is -0.348 e. The number of amides is 1. The van der Waals surface area contributed by atoms with Gasteiger partial charge in [-0.3, -0.25) is 14.9 Å². The fraction of sp³-hybridized carbons (Fsp3) is 0.500. The van der Waals surface area contributed by atoms with Gasteiger partial charge in [0.1, 0.15) is 5.56 Å². The Morgan fingerprint density at radius 2 is 2.14 bits per heavy atom. The Bertz CT molecular complexity index is 544. The van der Waals surface area contributed by atoms with E-state index in [0.717, 1.165) is 19.6 Å². The van der Waals surface area contributed by atoms with Gasteiger partial charge in [0.2, 0.25) is 0 Å². The molecule has 1 aliphatic rings. The fourth-order valence-electron chi connectivity index (χ4n) is 2.55. The number of carbonyl (C=O) groups is 1. The van der Waals surface area contributed by atoms with Gasteiger partial charge in [0.05, 0.1) is 4.92 Å². The van der Waals surface area contributed by atoms with Crippen LogP contribution in [0.15, 0.2) is 18.2 Å². The van der Waals surface area contributed by atoms with E-state index in [0.29, 0.717) is 5.02 Å². The molecule has 21 heavy (non-hydrogen) atoms. The quantitative estimate of drug-likeness (QED) is 0.669.